The molecule has 0 radical (unpaired) electrons. The van der Waals surface area contributed by atoms with Gasteiger partial charge in [-0.05, 0) is 29.8 Å². The van der Waals surface area contributed by atoms with Crippen LogP contribution >= 0.6 is 0 Å². The molecular formula is C16H14F2N2. The summed E-state index contributed by atoms with van der Waals surface area (Å²) in [6.07, 6.45) is -0.509. The quantitative estimate of drug-likeness (QED) is 0.706. The van der Waals surface area contributed by atoms with Crippen molar-refractivity contribution in [3.05, 3.63) is 65.9 Å². The fourth-order valence-corrected chi connectivity index (χ4v) is 2.15. The minimum absolute atomic E-state index is 0.0579. The number of aromatic amines is 1. The zero-order valence-corrected chi connectivity index (χ0v) is 10.7. The Labute approximate surface area is 115 Å². The van der Waals surface area contributed by atoms with Crippen LogP contribution in [0.2, 0.25) is 0 Å². The average Bonchev–Trinajstić information content (AvgIpc) is 2.93. The van der Waals surface area contributed by atoms with Crippen molar-refractivity contribution < 1.29 is 8.78 Å². The fourth-order valence-electron chi connectivity index (χ4n) is 2.15. The average molecular weight is 272 g/mol. The highest BCUT2D eigenvalue weighted by Crippen LogP contribution is 2.20. The molecule has 0 amide bonds. The van der Waals surface area contributed by atoms with Gasteiger partial charge in [0, 0.05) is 34.9 Å². The van der Waals surface area contributed by atoms with Crippen molar-refractivity contribution in [2.45, 2.75) is 13.0 Å². The number of H-pyrrole nitrogens is 1. The molecule has 0 atom stereocenters. The second-order valence-corrected chi connectivity index (χ2v) is 4.68. The molecule has 0 fully saturated rings. The zero-order chi connectivity index (χ0) is 13.9. The highest BCUT2D eigenvalue weighted by molar-refractivity contribution is 5.82. The molecule has 3 aromatic rings. The highest BCUT2D eigenvalue weighted by atomic mass is 19.3. The van der Waals surface area contributed by atoms with E-state index in [0.29, 0.717) is 6.54 Å². The van der Waals surface area contributed by atoms with Crippen molar-refractivity contribution in [2.24, 2.45) is 0 Å². The van der Waals surface area contributed by atoms with Gasteiger partial charge in [0.25, 0.3) is 6.43 Å². The summed E-state index contributed by atoms with van der Waals surface area (Å²) in [5, 5.41) is 4.43. The summed E-state index contributed by atoms with van der Waals surface area (Å²) in [5.41, 5.74) is 3.14. The summed E-state index contributed by atoms with van der Waals surface area (Å²) in [6, 6.07) is 14.5. The number of halogens is 2. The lowest BCUT2D eigenvalue weighted by atomic mass is 10.1. The van der Waals surface area contributed by atoms with E-state index in [-0.39, 0.29) is 5.56 Å². The van der Waals surface area contributed by atoms with E-state index in [1.54, 1.807) is 12.1 Å². The number of hydrogen-bond acceptors (Lipinski definition) is 1. The van der Waals surface area contributed by atoms with E-state index in [9.17, 15) is 8.78 Å². The summed E-state index contributed by atoms with van der Waals surface area (Å²) in [7, 11) is 0. The van der Waals surface area contributed by atoms with E-state index >= 15 is 0 Å². The second-order valence-electron chi connectivity index (χ2n) is 4.68. The lowest BCUT2D eigenvalue weighted by molar-refractivity contribution is 0.151. The van der Waals surface area contributed by atoms with Crippen molar-refractivity contribution in [3.8, 4) is 0 Å². The van der Waals surface area contributed by atoms with Crippen molar-refractivity contribution in [1.29, 1.82) is 0 Å². The lowest BCUT2D eigenvalue weighted by Crippen LogP contribution is -1.99. The Bertz CT molecular complexity index is 702. The number of benzene rings is 2. The number of aromatic nitrogens is 1. The largest absolute Gasteiger partial charge is 0.381 e. The van der Waals surface area contributed by atoms with E-state index in [4.69, 9.17) is 0 Å². The number of fused-ring (bicyclic) bond motifs is 1. The van der Waals surface area contributed by atoms with Crippen molar-refractivity contribution >= 4 is 16.6 Å². The number of nitrogens with one attached hydrogen (secondary N) is 2. The van der Waals surface area contributed by atoms with Gasteiger partial charge in [-0.15, -0.1) is 0 Å². The Morgan fingerprint density at radius 3 is 2.55 bits per heavy atom. The van der Waals surface area contributed by atoms with Gasteiger partial charge in [0.15, 0.2) is 0 Å². The molecule has 1 heterocycles. The molecule has 0 aliphatic rings. The third kappa shape index (κ3) is 2.64. The molecule has 0 spiro atoms. The molecular weight excluding hydrogens is 258 g/mol. The van der Waals surface area contributed by atoms with Crippen LogP contribution in [0.25, 0.3) is 10.9 Å². The molecule has 2 N–H and O–H groups in total. The van der Waals surface area contributed by atoms with E-state index in [0.717, 1.165) is 22.2 Å². The summed E-state index contributed by atoms with van der Waals surface area (Å²) in [6.45, 7) is 0.611. The second kappa shape index (κ2) is 5.33. The van der Waals surface area contributed by atoms with Crippen LogP contribution in [-0.4, -0.2) is 4.98 Å². The monoisotopic (exact) mass is 272 g/mol. The van der Waals surface area contributed by atoms with Crippen molar-refractivity contribution in [3.63, 3.8) is 0 Å². The molecule has 102 valence electrons. The molecule has 20 heavy (non-hydrogen) atoms. The molecule has 4 heteroatoms. The van der Waals surface area contributed by atoms with E-state index in [2.05, 4.69) is 16.4 Å². The molecule has 0 bridgehead atoms. The third-order valence-corrected chi connectivity index (χ3v) is 3.28. The summed E-state index contributed by atoms with van der Waals surface area (Å²) in [4.78, 5) is 3.14. The maximum atomic E-state index is 12.4. The Hall–Kier alpha value is -2.36. The first-order chi connectivity index (χ1) is 9.72. The van der Waals surface area contributed by atoms with Gasteiger partial charge in [0.1, 0.15) is 0 Å². The van der Waals surface area contributed by atoms with Crippen LogP contribution in [0.3, 0.4) is 0 Å². The molecule has 0 saturated heterocycles. The summed E-state index contributed by atoms with van der Waals surface area (Å²) in [5.74, 6) is 0. The first-order valence-electron chi connectivity index (χ1n) is 6.40. The van der Waals surface area contributed by atoms with Crippen molar-refractivity contribution in [2.75, 3.05) is 5.32 Å². The summed E-state index contributed by atoms with van der Waals surface area (Å²) < 4.78 is 24.9. The van der Waals surface area contributed by atoms with Gasteiger partial charge in [-0.3, -0.25) is 0 Å². The summed E-state index contributed by atoms with van der Waals surface area (Å²) >= 11 is 0. The molecule has 0 unspecified atom stereocenters. The Kier molecular flexibility index (Phi) is 3.37. The Balaban J connectivity index is 1.69. The topological polar surface area (TPSA) is 27.8 Å². The minimum Gasteiger partial charge on any atom is -0.381 e. The minimum atomic E-state index is -2.41. The van der Waals surface area contributed by atoms with Gasteiger partial charge in [-0.2, -0.15) is 0 Å². The molecule has 1 aromatic heterocycles. The van der Waals surface area contributed by atoms with E-state index in [1.165, 1.54) is 12.1 Å². The number of hydrogen-bond donors (Lipinski definition) is 2. The van der Waals surface area contributed by atoms with Crippen LogP contribution in [0.1, 0.15) is 17.6 Å². The SMILES string of the molecule is FC(F)c1ccc(CNc2ccc3[nH]ccc3c2)cc1. The predicted molar refractivity (Wildman–Crippen MR) is 77.0 cm³/mol. The maximum Gasteiger partial charge on any atom is 0.263 e. The molecule has 0 aliphatic carbocycles. The standard InChI is InChI=1S/C16H14F2N2/c17-16(18)12-3-1-11(2-4-12)10-20-14-5-6-15-13(9-14)7-8-19-15/h1-9,16,19-20H,10H2. The van der Waals surface area contributed by atoms with Gasteiger partial charge >= 0.3 is 0 Å². The third-order valence-electron chi connectivity index (χ3n) is 3.28. The molecule has 3 rings (SSSR count). The highest BCUT2D eigenvalue weighted by Gasteiger charge is 2.05. The number of alkyl halides is 2. The Morgan fingerprint density at radius 2 is 1.80 bits per heavy atom. The van der Waals surface area contributed by atoms with Crippen LogP contribution < -0.4 is 5.32 Å². The predicted octanol–water partition coefficient (Wildman–Crippen LogP) is 4.72. The van der Waals surface area contributed by atoms with Gasteiger partial charge in [-0.1, -0.05) is 24.3 Å². The van der Waals surface area contributed by atoms with Crippen LogP contribution in [0.15, 0.2) is 54.7 Å². The van der Waals surface area contributed by atoms with Gasteiger partial charge in [0.2, 0.25) is 0 Å². The van der Waals surface area contributed by atoms with Gasteiger partial charge in [0.05, 0.1) is 0 Å². The molecule has 0 saturated carbocycles. The number of rotatable bonds is 4. The zero-order valence-electron chi connectivity index (χ0n) is 10.7. The smallest absolute Gasteiger partial charge is 0.263 e. The van der Waals surface area contributed by atoms with Gasteiger partial charge < -0.3 is 10.3 Å². The molecule has 0 aliphatic heterocycles. The fraction of sp³-hybridized carbons (Fsp3) is 0.125. The normalized spacial score (nSPS) is 11.2. The van der Waals surface area contributed by atoms with Crippen LogP contribution in [0, 0.1) is 0 Å². The first-order valence-corrected chi connectivity index (χ1v) is 6.40. The Morgan fingerprint density at radius 1 is 1.00 bits per heavy atom. The van der Waals surface area contributed by atoms with Crippen LogP contribution in [0.5, 0.6) is 0 Å². The molecule has 2 nitrogen and oxygen atoms in total. The first kappa shape index (κ1) is 12.7. The lowest BCUT2D eigenvalue weighted by Gasteiger charge is -2.07. The number of anilines is 1. The van der Waals surface area contributed by atoms with Crippen molar-refractivity contribution in [1.82, 2.24) is 4.98 Å². The van der Waals surface area contributed by atoms with E-state index in [1.807, 2.05) is 24.4 Å². The maximum absolute atomic E-state index is 12.4. The molecule has 2 aromatic carbocycles. The van der Waals surface area contributed by atoms with Gasteiger partial charge in [-0.25, -0.2) is 8.78 Å². The van der Waals surface area contributed by atoms with Crippen LogP contribution in [0.4, 0.5) is 14.5 Å². The van der Waals surface area contributed by atoms with E-state index < -0.39 is 6.43 Å². The van der Waals surface area contributed by atoms with Crippen LogP contribution in [-0.2, 0) is 6.54 Å².